The second kappa shape index (κ2) is 8.82. The van der Waals surface area contributed by atoms with Gasteiger partial charge in [-0.15, -0.1) is 0 Å². The fourth-order valence-electron chi connectivity index (χ4n) is 4.23. The van der Waals surface area contributed by atoms with Crippen LogP contribution in [0.15, 0.2) is 67.0 Å². The summed E-state index contributed by atoms with van der Waals surface area (Å²) in [7, 11) is 3.23. The van der Waals surface area contributed by atoms with Crippen LogP contribution in [0.1, 0.15) is 16.7 Å². The van der Waals surface area contributed by atoms with Gasteiger partial charge in [-0.2, -0.15) is 0 Å². The Kier molecular flexibility index (Phi) is 5.55. The molecular weight excluding hydrogens is 436 g/mol. The Bertz CT molecular complexity index is 1420. The SMILES string of the molecule is COc1ccc(OC)c2c1ncn2CC=C1c2ccccc2COc2ccc(OC(=O)O)cc21. The Hall–Kier alpha value is -4.46. The zero-order valence-corrected chi connectivity index (χ0v) is 18.6. The fraction of sp³-hybridized carbons (Fsp3) is 0.154. The van der Waals surface area contributed by atoms with Crippen molar-refractivity contribution in [3.8, 4) is 23.0 Å². The third-order valence-corrected chi connectivity index (χ3v) is 5.76. The number of carboxylic acid groups (broad SMARTS) is 1. The van der Waals surface area contributed by atoms with Gasteiger partial charge in [0.15, 0.2) is 0 Å². The van der Waals surface area contributed by atoms with E-state index in [1.807, 2.05) is 41.0 Å². The molecule has 0 fully saturated rings. The van der Waals surface area contributed by atoms with Crippen LogP contribution in [0.4, 0.5) is 4.79 Å². The van der Waals surface area contributed by atoms with E-state index in [9.17, 15) is 4.79 Å². The molecule has 3 aromatic carbocycles. The van der Waals surface area contributed by atoms with Crippen LogP contribution in [-0.2, 0) is 13.2 Å². The Balaban J connectivity index is 1.65. The molecule has 1 aliphatic heterocycles. The molecular formula is C26H22N2O6. The van der Waals surface area contributed by atoms with Crippen molar-refractivity contribution >= 4 is 22.8 Å². The molecule has 0 atom stereocenters. The maximum absolute atomic E-state index is 11.1. The first-order valence-electron chi connectivity index (χ1n) is 10.6. The number of benzene rings is 3. The van der Waals surface area contributed by atoms with Crippen LogP contribution in [0.3, 0.4) is 0 Å². The Morgan fingerprint density at radius 1 is 1.09 bits per heavy atom. The van der Waals surface area contributed by atoms with Crippen molar-refractivity contribution in [1.29, 1.82) is 0 Å². The maximum atomic E-state index is 11.1. The van der Waals surface area contributed by atoms with Crippen molar-refractivity contribution in [2.75, 3.05) is 14.2 Å². The summed E-state index contributed by atoms with van der Waals surface area (Å²) in [6.45, 7) is 0.881. The lowest BCUT2D eigenvalue weighted by atomic mass is 9.94. The molecule has 5 rings (SSSR count). The van der Waals surface area contributed by atoms with E-state index in [0.717, 1.165) is 27.8 Å². The highest BCUT2D eigenvalue weighted by molar-refractivity contribution is 5.88. The summed E-state index contributed by atoms with van der Waals surface area (Å²) < 4.78 is 24.0. The quantitative estimate of drug-likeness (QED) is 0.327. The normalized spacial score (nSPS) is 13.5. The van der Waals surface area contributed by atoms with E-state index in [0.29, 0.717) is 35.9 Å². The number of hydrogen-bond acceptors (Lipinski definition) is 6. The van der Waals surface area contributed by atoms with E-state index in [4.69, 9.17) is 24.1 Å². The number of ether oxygens (including phenoxy) is 4. The van der Waals surface area contributed by atoms with Gasteiger partial charge in [-0.3, -0.25) is 0 Å². The molecule has 0 amide bonds. The first-order valence-corrected chi connectivity index (χ1v) is 10.6. The van der Waals surface area contributed by atoms with E-state index in [-0.39, 0.29) is 5.75 Å². The Morgan fingerprint density at radius 2 is 1.88 bits per heavy atom. The van der Waals surface area contributed by atoms with Gasteiger partial charge in [0.25, 0.3) is 0 Å². The lowest BCUT2D eigenvalue weighted by Crippen LogP contribution is -2.03. The third kappa shape index (κ3) is 3.79. The summed E-state index contributed by atoms with van der Waals surface area (Å²) in [4.78, 5) is 15.6. The summed E-state index contributed by atoms with van der Waals surface area (Å²) >= 11 is 0. The number of fused-ring (bicyclic) bond motifs is 3. The molecule has 1 aliphatic rings. The molecule has 172 valence electrons. The number of imidazole rings is 1. The van der Waals surface area contributed by atoms with Gasteiger partial charge in [0, 0.05) is 12.1 Å². The summed E-state index contributed by atoms with van der Waals surface area (Å²) in [5.74, 6) is 2.22. The molecule has 0 bridgehead atoms. The van der Waals surface area contributed by atoms with Crippen molar-refractivity contribution in [1.82, 2.24) is 9.55 Å². The average molecular weight is 458 g/mol. The van der Waals surface area contributed by atoms with Crippen LogP contribution in [0.5, 0.6) is 23.0 Å². The van der Waals surface area contributed by atoms with Gasteiger partial charge < -0.3 is 28.6 Å². The molecule has 1 N–H and O–H groups in total. The summed E-state index contributed by atoms with van der Waals surface area (Å²) in [5, 5.41) is 9.07. The highest BCUT2D eigenvalue weighted by Crippen LogP contribution is 2.39. The van der Waals surface area contributed by atoms with Crippen molar-refractivity contribution in [2.24, 2.45) is 0 Å². The van der Waals surface area contributed by atoms with Gasteiger partial charge in [-0.1, -0.05) is 30.3 Å². The fourth-order valence-corrected chi connectivity index (χ4v) is 4.23. The topological polar surface area (TPSA) is 92.0 Å². The smallest absolute Gasteiger partial charge is 0.494 e. The van der Waals surface area contributed by atoms with E-state index in [2.05, 4.69) is 11.1 Å². The van der Waals surface area contributed by atoms with Gasteiger partial charge in [-0.25, -0.2) is 9.78 Å². The molecule has 1 aromatic heterocycles. The first-order chi connectivity index (χ1) is 16.6. The molecule has 34 heavy (non-hydrogen) atoms. The largest absolute Gasteiger partial charge is 0.511 e. The maximum Gasteiger partial charge on any atom is 0.511 e. The zero-order chi connectivity index (χ0) is 23.7. The molecule has 0 aliphatic carbocycles. The predicted molar refractivity (Wildman–Crippen MR) is 126 cm³/mol. The number of methoxy groups -OCH3 is 2. The highest BCUT2D eigenvalue weighted by Gasteiger charge is 2.21. The van der Waals surface area contributed by atoms with Gasteiger partial charge in [0.05, 0.1) is 20.5 Å². The van der Waals surface area contributed by atoms with Crippen LogP contribution in [0.25, 0.3) is 16.6 Å². The van der Waals surface area contributed by atoms with Gasteiger partial charge in [0.2, 0.25) is 0 Å². The van der Waals surface area contributed by atoms with Gasteiger partial charge in [-0.05, 0) is 47.0 Å². The van der Waals surface area contributed by atoms with E-state index in [1.165, 1.54) is 0 Å². The van der Waals surface area contributed by atoms with E-state index < -0.39 is 6.16 Å². The van der Waals surface area contributed by atoms with Crippen molar-refractivity contribution in [3.63, 3.8) is 0 Å². The summed E-state index contributed by atoms with van der Waals surface area (Å²) in [5.41, 5.74) is 5.21. The van der Waals surface area contributed by atoms with Gasteiger partial charge >= 0.3 is 6.16 Å². The monoisotopic (exact) mass is 458 g/mol. The summed E-state index contributed by atoms with van der Waals surface area (Å²) in [6, 6.07) is 16.7. The first kappa shape index (κ1) is 21.4. The number of carbonyl (C=O) groups is 1. The molecule has 8 heteroatoms. The minimum Gasteiger partial charge on any atom is -0.494 e. The average Bonchev–Trinajstić information content (AvgIpc) is 3.20. The minimum absolute atomic E-state index is 0.222. The van der Waals surface area contributed by atoms with E-state index >= 15 is 0 Å². The third-order valence-electron chi connectivity index (χ3n) is 5.76. The number of nitrogens with zero attached hydrogens (tertiary/aromatic N) is 2. The second-order valence-corrected chi connectivity index (χ2v) is 7.65. The molecule has 4 aromatic rings. The zero-order valence-electron chi connectivity index (χ0n) is 18.6. The Labute approximate surface area is 195 Å². The number of allylic oxidation sites excluding steroid dienone is 1. The molecule has 0 unspecified atom stereocenters. The van der Waals surface area contributed by atoms with Gasteiger partial charge in [0.1, 0.15) is 40.6 Å². The molecule has 0 spiro atoms. The van der Waals surface area contributed by atoms with Crippen LogP contribution < -0.4 is 18.9 Å². The summed E-state index contributed by atoms with van der Waals surface area (Å²) in [6.07, 6.45) is 2.44. The van der Waals surface area contributed by atoms with Crippen molar-refractivity contribution in [2.45, 2.75) is 13.2 Å². The molecule has 0 radical (unpaired) electrons. The van der Waals surface area contributed by atoms with Crippen LogP contribution in [-0.4, -0.2) is 35.0 Å². The molecule has 8 nitrogen and oxygen atoms in total. The number of aromatic nitrogens is 2. The van der Waals surface area contributed by atoms with Crippen LogP contribution >= 0.6 is 0 Å². The lowest BCUT2D eigenvalue weighted by Gasteiger charge is -2.13. The molecule has 0 saturated carbocycles. The minimum atomic E-state index is -1.37. The van der Waals surface area contributed by atoms with E-state index in [1.54, 1.807) is 38.7 Å². The van der Waals surface area contributed by atoms with Crippen molar-refractivity contribution in [3.05, 3.63) is 83.7 Å². The molecule has 2 heterocycles. The second-order valence-electron chi connectivity index (χ2n) is 7.65. The number of rotatable bonds is 5. The van der Waals surface area contributed by atoms with Crippen LogP contribution in [0, 0.1) is 0 Å². The molecule has 0 saturated heterocycles. The Morgan fingerprint density at radius 3 is 2.68 bits per heavy atom. The predicted octanol–water partition coefficient (Wildman–Crippen LogP) is 5.13. The standard InChI is InChI=1S/C26H22N2O6/c1-31-22-9-10-23(32-2)25-24(22)27-15-28(25)12-11-19-18-6-4-3-5-16(18)14-33-21-8-7-17(13-20(19)21)34-26(29)30/h3-11,13,15H,12,14H2,1-2H3,(H,29,30). The number of hydrogen-bond donors (Lipinski definition) is 1. The van der Waals surface area contributed by atoms with Crippen molar-refractivity contribution < 1.29 is 28.8 Å². The highest BCUT2D eigenvalue weighted by atomic mass is 16.7. The van der Waals surface area contributed by atoms with Crippen LogP contribution in [0.2, 0.25) is 0 Å². The lowest BCUT2D eigenvalue weighted by molar-refractivity contribution is 0.144.